The highest BCUT2D eigenvalue weighted by Crippen LogP contribution is 2.51. The second-order valence-electron chi connectivity index (χ2n) is 7.92. The largest absolute Gasteiger partial charge is 0.497 e. The van der Waals surface area contributed by atoms with E-state index in [9.17, 15) is 0 Å². The van der Waals surface area contributed by atoms with E-state index in [1.54, 1.807) is 18.2 Å². The summed E-state index contributed by atoms with van der Waals surface area (Å²) in [6, 6.07) is 10.8. The molecule has 2 aromatic rings. The van der Waals surface area contributed by atoms with Crippen molar-refractivity contribution in [3.05, 3.63) is 52.6 Å². The number of hydrogen-bond acceptors (Lipinski definition) is 4. The molecule has 0 atom stereocenters. The molecule has 1 aliphatic carbocycles. The number of hydrogen-bond donors (Lipinski definition) is 1. The lowest BCUT2D eigenvalue weighted by Crippen LogP contribution is -2.33. The quantitative estimate of drug-likeness (QED) is 0.898. The van der Waals surface area contributed by atoms with Crippen molar-refractivity contribution in [3.63, 3.8) is 0 Å². The van der Waals surface area contributed by atoms with Crippen molar-refractivity contribution in [2.75, 3.05) is 38.3 Å². The summed E-state index contributed by atoms with van der Waals surface area (Å²) in [6.07, 6.45) is 4.90. The summed E-state index contributed by atoms with van der Waals surface area (Å²) < 4.78 is 11.6. The van der Waals surface area contributed by atoms with E-state index in [4.69, 9.17) is 9.47 Å². The maximum atomic E-state index is 6.18. The minimum Gasteiger partial charge on any atom is -0.497 e. The molecular weight excluding hydrogens is 336 g/mol. The summed E-state index contributed by atoms with van der Waals surface area (Å²) >= 11 is 0. The molecule has 0 spiro atoms. The summed E-state index contributed by atoms with van der Waals surface area (Å²) in [7, 11) is 1.73. The van der Waals surface area contributed by atoms with Gasteiger partial charge in [-0.2, -0.15) is 0 Å². The Morgan fingerprint density at radius 3 is 2.93 bits per heavy atom. The van der Waals surface area contributed by atoms with Gasteiger partial charge in [0, 0.05) is 6.54 Å². The van der Waals surface area contributed by atoms with E-state index in [0.717, 1.165) is 63.0 Å². The van der Waals surface area contributed by atoms with Crippen molar-refractivity contribution < 1.29 is 9.47 Å². The second kappa shape index (κ2) is 7.08. The second-order valence-corrected chi connectivity index (χ2v) is 7.92. The average molecular weight is 364 g/mol. The van der Waals surface area contributed by atoms with Crippen LogP contribution in [0.5, 0.6) is 11.5 Å². The van der Waals surface area contributed by atoms with Crippen LogP contribution in [0.2, 0.25) is 0 Å². The van der Waals surface area contributed by atoms with Crippen molar-refractivity contribution in [1.82, 2.24) is 5.32 Å². The zero-order valence-corrected chi connectivity index (χ0v) is 16.1. The van der Waals surface area contributed by atoms with Crippen LogP contribution in [0.15, 0.2) is 30.3 Å². The maximum Gasteiger partial charge on any atom is 0.143 e. The van der Waals surface area contributed by atoms with Crippen LogP contribution in [0.4, 0.5) is 5.69 Å². The molecule has 2 aliphatic heterocycles. The Morgan fingerprint density at radius 1 is 1.19 bits per heavy atom. The zero-order chi connectivity index (χ0) is 18.2. The fraction of sp³-hybridized carbons (Fsp3) is 0.478. The number of benzene rings is 2. The monoisotopic (exact) mass is 364 g/mol. The molecule has 0 saturated heterocycles. The molecule has 0 unspecified atom stereocenters. The van der Waals surface area contributed by atoms with Gasteiger partial charge in [-0.1, -0.05) is 12.1 Å². The highest BCUT2D eigenvalue weighted by atomic mass is 16.5. The number of rotatable bonds is 4. The van der Waals surface area contributed by atoms with Gasteiger partial charge in [-0.25, -0.2) is 0 Å². The van der Waals surface area contributed by atoms with Gasteiger partial charge in [0.2, 0.25) is 0 Å². The highest BCUT2D eigenvalue weighted by Gasteiger charge is 2.35. The van der Waals surface area contributed by atoms with Crippen LogP contribution in [-0.4, -0.2) is 33.4 Å². The predicted octanol–water partition coefficient (Wildman–Crippen LogP) is 3.66. The summed E-state index contributed by atoms with van der Waals surface area (Å²) in [5.41, 5.74) is 7.35. The fourth-order valence-electron chi connectivity index (χ4n) is 4.62. The third-order valence-corrected chi connectivity index (χ3v) is 6.06. The van der Waals surface area contributed by atoms with Gasteiger partial charge in [-0.3, -0.25) is 0 Å². The van der Waals surface area contributed by atoms with Crippen LogP contribution in [0.3, 0.4) is 0 Å². The van der Waals surface area contributed by atoms with Gasteiger partial charge in [0.1, 0.15) is 18.1 Å². The molecule has 1 N–H and O–H groups in total. The van der Waals surface area contributed by atoms with Crippen LogP contribution >= 0.6 is 0 Å². The Labute approximate surface area is 161 Å². The first kappa shape index (κ1) is 16.9. The van der Waals surface area contributed by atoms with Crippen molar-refractivity contribution in [3.8, 4) is 11.5 Å². The molecular formula is C23H28N2O2. The molecule has 27 heavy (non-hydrogen) atoms. The van der Waals surface area contributed by atoms with Gasteiger partial charge in [0.05, 0.1) is 19.3 Å². The van der Waals surface area contributed by atoms with Crippen molar-refractivity contribution in [1.29, 1.82) is 0 Å². The lowest BCUT2D eigenvalue weighted by atomic mass is 9.91. The smallest absolute Gasteiger partial charge is 0.143 e. The topological polar surface area (TPSA) is 33.7 Å². The highest BCUT2D eigenvalue weighted by molar-refractivity contribution is 5.71. The van der Waals surface area contributed by atoms with E-state index in [1.165, 1.54) is 29.7 Å². The van der Waals surface area contributed by atoms with Gasteiger partial charge < -0.3 is 19.7 Å². The van der Waals surface area contributed by atoms with Gasteiger partial charge in [-0.05, 0) is 85.1 Å². The number of nitrogens with zero attached hydrogens (tertiary/aromatic N) is 1. The number of anilines is 1. The first-order chi connectivity index (χ1) is 13.3. The summed E-state index contributed by atoms with van der Waals surface area (Å²) in [5, 5.41) is 3.57. The normalized spacial score (nSPS) is 18.9. The Morgan fingerprint density at radius 2 is 2.07 bits per heavy atom. The summed E-state index contributed by atoms with van der Waals surface area (Å²) in [6.45, 7) is 4.77. The van der Waals surface area contributed by atoms with E-state index in [2.05, 4.69) is 34.5 Å². The van der Waals surface area contributed by atoms with Crippen LogP contribution in [-0.2, 0) is 19.4 Å². The van der Waals surface area contributed by atoms with Crippen LogP contribution in [0, 0.1) is 0 Å². The molecule has 5 rings (SSSR count). The molecule has 0 amide bonds. The molecule has 0 aromatic heterocycles. The molecule has 142 valence electrons. The third kappa shape index (κ3) is 3.27. The fourth-order valence-corrected chi connectivity index (χ4v) is 4.62. The standard InChI is InChI=1S/C23H28N2O2/c1-26-19-4-2-3-16(13-19)15-25-11-12-27-21-14-18-7-9-24-10-8-20(18)22(23(21)25)17-5-6-17/h2-4,13-14,17,24H,5-12,15H2,1H3. The maximum absolute atomic E-state index is 6.18. The number of nitrogens with one attached hydrogen (secondary N) is 1. The van der Waals surface area contributed by atoms with Crippen molar-refractivity contribution >= 4 is 5.69 Å². The van der Waals surface area contributed by atoms with Gasteiger partial charge in [-0.15, -0.1) is 0 Å². The van der Waals surface area contributed by atoms with Crippen molar-refractivity contribution in [2.45, 2.75) is 38.1 Å². The van der Waals surface area contributed by atoms with Crippen LogP contribution < -0.4 is 19.7 Å². The Kier molecular flexibility index (Phi) is 4.44. The van der Waals surface area contributed by atoms with Crippen molar-refractivity contribution in [2.24, 2.45) is 0 Å². The van der Waals surface area contributed by atoms with E-state index in [0.29, 0.717) is 0 Å². The van der Waals surface area contributed by atoms with E-state index >= 15 is 0 Å². The third-order valence-electron chi connectivity index (χ3n) is 6.06. The Hall–Kier alpha value is -2.20. The molecule has 0 bridgehead atoms. The molecule has 1 fully saturated rings. The van der Waals surface area contributed by atoms with E-state index in [-0.39, 0.29) is 0 Å². The SMILES string of the molecule is COc1cccc(CN2CCOc3cc4c(c(C5CC5)c32)CCNCC4)c1. The summed E-state index contributed by atoms with van der Waals surface area (Å²) in [4.78, 5) is 2.54. The average Bonchev–Trinajstić information content (AvgIpc) is 3.54. The summed E-state index contributed by atoms with van der Waals surface area (Å²) in [5.74, 6) is 2.75. The van der Waals surface area contributed by atoms with E-state index < -0.39 is 0 Å². The zero-order valence-electron chi connectivity index (χ0n) is 16.1. The van der Waals surface area contributed by atoms with Gasteiger partial charge in [0.25, 0.3) is 0 Å². The number of methoxy groups -OCH3 is 1. The van der Waals surface area contributed by atoms with Crippen LogP contribution in [0.25, 0.3) is 0 Å². The molecule has 2 heterocycles. The van der Waals surface area contributed by atoms with E-state index in [1.807, 2.05) is 6.07 Å². The Bertz CT molecular complexity index is 845. The molecule has 2 aromatic carbocycles. The lowest BCUT2D eigenvalue weighted by Gasteiger charge is -2.35. The molecule has 4 heteroatoms. The molecule has 4 nitrogen and oxygen atoms in total. The van der Waals surface area contributed by atoms with Crippen LogP contribution in [0.1, 0.15) is 41.0 Å². The first-order valence-corrected chi connectivity index (χ1v) is 10.2. The number of ether oxygens (including phenoxy) is 2. The lowest BCUT2D eigenvalue weighted by molar-refractivity contribution is 0.305. The van der Waals surface area contributed by atoms with Gasteiger partial charge >= 0.3 is 0 Å². The predicted molar refractivity (Wildman–Crippen MR) is 108 cm³/mol. The minimum atomic E-state index is 0.723. The molecule has 0 radical (unpaired) electrons. The number of fused-ring (bicyclic) bond motifs is 2. The first-order valence-electron chi connectivity index (χ1n) is 10.2. The Balaban J connectivity index is 1.57. The van der Waals surface area contributed by atoms with Gasteiger partial charge in [0.15, 0.2) is 0 Å². The molecule has 1 saturated carbocycles. The molecule has 3 aliphatic rings. The minimum absolute atomic E-state index is 0.723.